The van der Waals surface area contributed by atoms with Crippen LogP contribution in [0.25, 0.3) is 10.9 Å². The number of fused-ring (bicyclic) bond motifs is 2. The van der Waals surface area contributed by atoms with Crippen LogP contribution in [0.3, 0.4) is 0 Å². The van der Waals surface area contributed by atoms with Gasteiger partial charge in [-0.15, -0.1) is 0 Å². The summed E-state index contributed by atoms with van der Waals surface area (Å²) in [6.45, 7) is 7.83. The van der Waals surface area contributed by atoms with Gasteiger partial charge in [0.05, 0.1) is 24.4 Å². The zero-order valence-corrected chi connectivity index (χ0v) is 16.9. The van der Waals surface area contributed by atoms with E-state index in [1.165, 1.54) is 6.92 Å². The molecule has 0 aliphatic carbocycles. The second kappa shape index (κ2) is 8.55. The van der Waals surface area contributed by atoms with Gasteiger partial charge in [-0.3, -0.25) is 14.6 Å². The minimum Gasteiger partial charge on any atom is -0.427 e. The van der Waals surface area contributed by atoms with E-state index in [2.05, 4.69) is 11.9 Å². The fraction of sp³-hybridized carbons (Fsp3) is 0.318. The molecule has 0 radical (unpaired) electrons. The minimum atomic E-state index is -0.383. The number of aliphatic hydroxyl groups is 1. The summed E-state index contributed by atoms with van der Waals surface area (Å²) in [7, 11) is 1.85. The zero-order valence-electron chi connectivity index (χ0n) is 16.9. The molecule has 2 aromatic rings. The number of benzene rings is 1. The molecule has 152 valence electrons. The number of pyridine rings is 1. The lowest BCUT2D eigenvalue weighted by molar-refractivity contribution is -0.132. The first-order valence-corrected chi connectivity index (χ1v) is 9.39. The number of allylic oxidation sites excluding steroid dienone is 2. The number of hydrogen-bond acceptors (Lipinski definition) is 6. The van der Waals surface area contributed by atoms with Crippen LogP contribution in [0.2, 0.25) is 0 Å². The van der Waals surface area contributed by atoms with Crippen molar-refractivity contribution in [3.63, 3.8) is 0 Å². The monoisotopic (exact) mass is 395 g/mol. The highest BCUT2D eigenvalue weighted by Crippen LogP contribution is 2.33. The van der Waals surface area contributed by atoms with Gasteiger partial charge in [-0.05, 0) is 43.3 Å². The average Bonchev–Trinajstić information content (AvgIpc) is 3.12. The molecular weight excluding hydrogens is 370 g/mol. The zero-order chi connectivity index (χ0) is 21.1. The lowest BCUT2D eigenvalue weighted by atomic mass is 10.0. The Morgan fingerprint density at radius 1 is 1.34 bits per heavy atom. The van der Waals surface area contributed by atoms with Crippen LogP contribution in [-0.4, -0.2) is 40.5 Å². The summed E-state index contributed by atoms with van der Waals surface area (Å²) in [5.41, 5.74) is 4.61. The highest BCUT2D eigenvalue weighted by Gasteiger charge is 2.30. The molecule has 0 saturated heterocycles. The number of esters is 1. The Kier molecular flexibility index (Phi) is 6.10. The number of hydrogen-bond donors (Lipinski definition) is 2. The number of aromatic nitrogens is 1. The summed E-state index contributed by atoms with van der Waals surface area (Å²) in [6.07, 6.45) is 1.57. The van der Waals surface area contributed by atoms with Gasteiger partial charge in [-0.2, -0.15) is 0 Å². The second-order valence-corrected chi connectivity index (χ2v) is 7.00. The molecule has 1 aliphatic heterocycles. The molecule has 7 heteroatoms. The summed E-state index contributed by atoms with van der Waals surface area (Å²) < 4.78 is 5.22. The van der Waals surface area contributed by atoms with Gasteiger partial charge in [0.15, 0.2) is 0 Å². The third-order valence-corrected chi connectivity index (χ3v) is 5.05. The van der Waals surface area contributed by atoms with Crippen molar-refractivity contribution in [1.82, 2.24) is 15.2 Å². The van der Waals surface area contributed by atoms with Crippen molar-refractivity contribution in [2.75, 3.05) is 13.7 Å². The molecule has 1 aromatic carbocycles. The summed E-state index contributed by atoms with van der Waals surface area (Å²) in [5, 5.41) is 13.7. The number of nitrogens with zero attached hydrogens (tertiary/aromatic N) is 2. The van der Waals surface area contributed by atoms with Crippen molar-refractivity contribution in [1.29, 1.82) is 0 Å². The molecule has 2 heterocycles. The topological polar surface area (TPSA) is 91.8 Å². The Balaban J connectivity index is 2.05. The number of nitrogens with one attached hydrogen (secondary N) is 1. The number of aliphatic hydroxyl groups excluding tert-OH is 1. The molecule has 2 N–H and O–H groups in total. The number of rotatable bonds is 6. The Morgan fingerprint density at radius 2 is 2.10 bits per heavy atom. The highest BCUT2D eigenvalue weighted by atomic mass is 16.5. The van der Waals surface area contributed by atoms with Crippen molar-refractivity contribution in [2.45, 2.75) is 33.5 Å². The molecule has 1 aliphatic rings. The standard InChI is InChI=1S/C22H25N3O4/c1-5-13(2)19(12-26)22(28)25-10-18-17(9-23-4)16-8-15(29-14(3)27)6-7-20(16)24-21(18)11-25/h5-8,23,26H,1,9-12H2,2-4H3/b19-13-. The fourth-order valence-electron chi connectivity index (χ4n) is 3.58. The van der Waals surface area contributed by atoms with E-state index in [1.807, 2.05) is 19.2 Å². The van der Waals surface area contributed by atoms with Crippen LogP contribution in [-0.2, 0) is 29.2 Å². The third-order valence-electron chi connectivity index (χ3n) is 5.05. The maximum absolute atomic E-state index is 12.9. The van der Waals surface area contributed by atoms with Gasteiger partial charge in [0.25, 0.3) is 5.91 Å². The number of carbonyl (C=O) groups is 2. The van der Waals surface area contributed by atoms with Gasteiger partial charge in [0.1, 0.15) is 5.75 Å². The third kappa shape index (κ3) is 4.06. The molecule has 29 heavy (non-hydrogen) atoms. The van der Waals surface area contributed by atoms with Crippen LogP contribution in [0.1, 0.15) is 30.7 Å². The van der Waals surface area contributed by atoms with E-state index in [0.717, 1.165) is 27.7 Å². The quantitative estimate of drug-likeness (QED) is 0.337. The Labute approximate surface area is 169 Å². The molecule has 0 bridgehead atoms. The molecule has 3 rings (SSSR count). The molecule has 0 spiro atoms. The lowest BCUT2D eigenvalue weighted by Crippen LogP contribution is -2.29. The van der Waals surface area contributed by atoms with Crippen molar-refractivity contribution < 1.29 is 19.4 Å². The van der Waals surface area contributed by atoms with Crippen molar-refractivity contribution >= 4 is 22.8 Å². The molecule has 0 fully saturated rings. The summed E-state index contributed by atoms with van der Waals surface area (Å²) in [5.74, 6) is -0.142. The van der Waals surface area contributed by atoms with Crippen LogP contribution < -0.4 is 10.1 Å². The number of amides is 1. The smallest absolute Gasteiger partial charge is 0.308 e. The average molecular weight is 395 g/mol. The first-order chi connectivity index (χ1) is 13.9. The van der Waals surface area contributed by atoms with Crippen LogP contribution >= 0.6 is 0 Å². The van der Waals surface area contributed by atoms with Crippen LogP contribution in [0.4, 0.5) is 0 Å². The molecule has 1 aromatic heterocycles. The molecule has 0 unspecified atom stereocenters. The normalized spacial score (nSPS) is 13.9. The van der Waals surface area contributed by atoms with Gasteiger partial charge in [0, 0.05) is 36.5 Å². The SMILES string of the molecule is C=C/C(C)=C(/CO)C(=O)N1Cc2nc3ccc(OC(C)=O)cc3c(CNC)c2C1. The van der Waals surface area contributed by atoms with Gasteiger partial charge >= 0.3 is 5.97 Å². The van der Waals surface area contributed by atoms with E-state index >= 15 is 0 Å². The van der Waals surface area contributed by atoms with E-state index in [1.54, 1.807) is 24.0 Å². The maximum Gasteiger partial charge on any atom is 0.308 e. The van der Waals surface area contributed by atoms with Crippen molar-refractivity contribution in [3.8, 4) is 5.75 Å². The minimum absolute atomic E-state index is 0.219. The summed E-state index contributed by atoms with van der Waals surface area (Å²) in [4.78, 5) is 30.7. The van der Waals surface area contributed by atoms with Gasteiger partial charge in [-0.25, -0.2) is 0 Å². The van der Waals surface area contributed by atoms with E-state index in [4.69, 9.17) is 9.72 Å². The van der Waals surface area contributed by atoms with E-state index < -0.39 is 0 Å². The molecular formula is C22H25N3O4. The van der Waals surface area contributed by atoms with Crippen molar-refractivity contribution in [2.24, 2.45) is 0 Å². The first kappa shape index (κ1) is 20.7. The van der Waals surface area contributed by atoms with Crippen molar-refractivity contribution in [3.05, 3.63) is 58.8 Å². The largest absolute Gasteiger partial charge is 0.427 e. The van der Waals surface area contributed by atoms with Gasteiger partial charge in [-0.1, -0.05) is 12.7 Å². The predicted octanol–water partition coefficient (Wildman–Crippen LogP) is 2.22. The van der Waals surface area contributed by atoms with Crippen LogP contribution in [0.15, 0.2) is 42.0 Å². The number of carbonyl (C=O) groups excluding carboxylic acids is 2. The summed E-state index contributed by atoms with van der Waals surface area (Å²) in [6, 6.07) is 5.34. The highest BCUT2D eigenvalue weighted by molar-refractivity contribution is 5.95. The Bertz CT molecular complexity index is 1030. The maximum atomic E-state index is 12.9. The first-order valence-electron chi connectivity index (χ1n) is 9.39. The van der Waals surface area contributed by atoms with Crippen LogP contribution in [0.5, 0.6) is 5.75 Å². The fourth-order valence-corrected chi connectivity index (χ4v) is 3.58. The molecule has 0 atom stereocenters. The van der Waals surface area contributed by atoms with E-state index in [-0.39, 0.29) is 18.5 Å². The van der Waals surface area contributed by atoms with E-state index in [0.29, 0.717) is 36.5 Å². The Hall–Kier alpha value is -3.03. The lowest BCUT2D eigenvalue weighted by Gasteiger charge is -2.18. The van der Waals surface area contributed by atoms with Gasteiger partial charge in [0.2, 0.25) is 0 Å². The number of ether oxygens (including phenoxy) is 1. The molecule has 1 amide bonds. The van der Waals surface area contributed by atoms with Crippen LogP contribution in [0, 0.1) is 0 Å². The molecule has 7 nitrogen and oxygen atoms in total. The summed E-state index contributed by atoms with van der Waals surface area (Å²) >= 11 is 0. The second-order valence-electron chi connectivity index (χ2n) is 7.00. The predicted molar refractivity (Wildman–Crippen MR) is 110 cm³/mol. The van der Waals surface area contributed by atoms with Gasteiger partial charge < -0.3 is 20.1 Å². The Morgan fingerprint density at radius 3 is 2.72 bits per heavy atom. The van der Waals surface area contributed by atoms with E-state index in [9.17, 15) is 14.7 Å². The molecule has 0 saturated carbocycles.